The summed E-state index contributed by atoms with van der Waals surface area (Å²) < 4.78 is 0. The quantitative estimate of drug-likeness (QED) is 0.405. The Bertz CT molecular complexity index is 87.8. The molecule has 10 heavy (non-hydrogen) atoms. The Hall–Kier alpha value is 0.960. The van der Waals surface area contributed by atoms with Gasteiger partial charge >= 0.3 is 0 Å². The van der Waals surface area contributed by atoms with E-state index in [1.807, 2.05) is 0 Å². The van der Waals surface area contributed by atoms with Crippen LogP contribution < -0.4 is 6.15 Å². The summed E-state index contributed by atoms with van der Waals surface area (Å²) in [5.74, 6) is -0.637. The lowest BCUT2D eigenvalue weighted by atomic mass is 10.2. The van der Waals surface area contributed by atoms with Crippen LogP contribution in [-0.4, -0.2) is 6.16 Å². The van der Waals surface area contributed by atoms with Gasteiger partial charge in [-0.15, -0.1) is 12.2 Å². The second-order valence-electron chi connectivity index (χ2n) is 2.20. The van der Waals surface area contributed by atoms with Gasteiger partial charge in [-0.2, -0.15) is 0 Å². The molecular weight excluding hydrogens is 181 g/mol. The highest BCUT2D eigenvalue weighted by Crippen LogP contribution is 2.27. The van der Waals surface area contributed by atoms with E-state index in [0.29, 0.717) is 0 Å². The largest absolute Gasteiger partial charge is 0.344 e. The minimum Gasteiger partial charge on any atom is -0.344 e. The smallest absolute Gasteiger partial charge is 0.00859 e. The minimum atomic E-state index is -0.637. The molecule has 4 heteroatoms. The summed E-state index contributed by atoms with van der Waals surface area (Å²) in [6, 6.07) is 0. The van der Waals surface area contributed by atoms with Gasteiger partial charge in [0.25, 0.3) is 0 Å². The van der Waals surface area contributed by atoms with Gasteiger partial charge < -0.3 is 6.15 Å². The zero-order valence-electron chi connectivity index (χ0n) is 6.60. The average Bonchev–Trinajstić information content (AvgIpc) is 1.80. The third kappa shape index (κ3) is 11.7. The third-order valence-electron chi connectivity index (χ3n) is 1.24. The maximum Gasteiger partial charge on any atom is -0.00859 e. The molecule has 3 N–H and O–H groups in total. The summed E-state index contributed by atoms with van der Waals surface area (Å²) in [5.41, 5.74) is 0. The fourth-order valence-corrected chi connectivity index (χ4v) is 2.16. The Morgan fingerprint density at radius 1 is 1.30 bits per heavy atom. The second-order valence-corrected chi connectivity index (χ2v) is 7.50. The molecule has 0 aromatic rings. The molecule has 1 atom stereocenters. The summed E-state index contributed by atoms with van der Waals surface area (Å²) in [4.78, 5) is 0. The first-order valence-electron chi connectivity index (χ1n) is 3.49. The van der Waals surface area contributed by atoms with E-state index < -0.39 is 5.90 Å². The minimum absolute atomic E-state index is 0. The Kier molecular flexibility index (Phi) is 13.5. The summed E-state index contributed by atoms with van der Waals surface area (Å²) in [6.07, 6.45) is 6.52. The zero-order chi connectivity index (χ0) is 7.11. The van der Waals surface area contributed by atoms with Gasteiger partial charge in [-0.1, -0.05) is 38.0 Å². The van der Waals surface area contributed by atoms with Gasteiger partial charge in [0, 0.05) is 0 Å². The summed E-state index contributed by atoms with van der Waals surface area (Å²) in [6.45, 7) is 2.22. The maximum atomic E-state index is 4.99. The molecule has 0 bridgehead atoms. The number of rotatable bonds is 5. The summed E-state index contributed by atoms with van der Waals surface area (Å²) in [7, 11) is 0. The van der Waals surface area contributed by atoms with Crippen molar-refractivity contribution in [3.05, 3.63) is 0 Å². The molecule has 0 fully saturated rings. The number of hydrogen-bond donors (Lipinski definition) is 2. The van der Waals surface area contributed by atoms with Crippen LogP contribution in [0, 0.1) is 0 Å². The maximum absolute atomic E-state index is 4.99. The van der Waals surface area contributed by atoms with Crippen LogP contribution in [0.4, 0.5) is 0 Å². The monoisotopic (exact) mass is 199 g/mol. The van der Waals surface area contributed by atoms with E-state index in [9.17, 15) is 0 Å². The molecule has 0 amide bonds. The van der Waals surface area contributed by atoms with E-state index in [1.165, 1.54) is 31.8 Å². The molecule has 1 unspecified atom stereocenters. The van der Waals surface area contributed by atoms with Crippen LogP contribution in [0.1, 0.15) is 32.6 Å². The van der Waals surface area contributed by atoms with Crippen molar-refractivity contribution in [3.8, 4) is 0 Å². The molecular formula is C6H18NPS2. The molecule has 0 aliphatic carbocycles. The molecule has 1 nitrogen and oxygen atoms in total. The highest BCUT2D eigenvalue weighted by atomic mass is 32.9. The van der Waals surface area contributed by atoms with Crippen molar-refractivity contribution in [1.29, 1.82) is 0 Å². The third-order valence-corrected chi connectivity index (χ3v) is 3.31. The van der Waals surface area contributed by atoms with Crippen molar-refractivity contribution < 1.29 is 0 Å². The van der Waals surface area contributed by atoms with E-state index in [0.717, 1.165) is 0 Å². The predicted molar refractivity (Wildman–Crippen MR) is 58.7 cm³/mol. The highest BCUT2D eigenvalue weighted by molar-refractivity contribution is 8.56. The molecule has 0 saturated heterocycles. The Balaban J connectivity index is 0. The molecule has 0 aliphatic heterocycles. The Labute approximate surface area is 75.1 Å². The van der Waals surface area contributed by atoms with Crippen molar-refractivity contribution >= 4 is 30.0 Å². The van der Waals surface area contributed by atoms with Crippen molar-refractivity contribution in [2.24, 2.45) is 0 Å². The van der Waals surface area contributed by atoms with Gasteiger partial charge in [0.15, 0.2) is 0 Å². The number of hydrogen-bond acceptors (Lipinski definition) is 2. The fraction of sp³-hybridized carbons (Fsp3) is 1.00. The Morgan fingerprint density at radius 2 is 1.90 bits per heavy atom. The van der Waals surface area contributed by atoms with E-state index in [4.69, 9.17) is 11.8 Å². The molecule has 0 heterocycles. The lowest BCUT2D eigenvalue weighted by molar-refractivity contribution is 0.706. The molecule has 0 aromatic carbocycles. The van der Waals surface area contributed by atoms with Gasteiger partial charge in [0.1, 0.15) is 0 Å². The van der Waals surface area contributed by atoms with Crippen LogP contribution in [0.5, 0.6) is 0 Å². The second kappa shape index (κ2) is 9.96. The van der Waals surface area contributed by atoms with Crippen LogP contribution in [-0.2, 0) is 11.8 Å². The average molecular weight is 199 g/mol. The number of thiol groups is 1. The molecule has 0 spiro atoms. The van der Waals surface area contributed by atoms with Crippen molar-refractivity contribution in [2.45, 2.75) is 32.6 Å². The summed E-state index contributed by atoms with van der Waals surface area (Å²) in [5, 5.41) is 0. The molecule has 0 aromatic heterocycles. The SMILES string of the molecule is CCCCCC[PH](=S)S.N. The van der Waals surface area contributed by atoms with Crippen molar-refractivity contribution in [3.63, 3.8) is 0 Å². The molecule has 0 radical (unpaired) electrons. The van der Waals surface area contributed by atoms with E-state index >= 15 is 0 Å². The normalized spacial score (nSPS) is 12.2. The van der Waals surface area contributed by atoms with Crippen molar-refractivity contribution in [1.82, 2.24) is 6.15 Å². The molecule has 0 saturated carbocycles. The van der Waals surface area contributed by atoms with Crippen LogP contribution in [0.25, 0.3) is 0 Å². The van der Waals surface area contributed by atoms with Crippen LogP contribution >= 0.6 is 18.1 Å². The molecule has 0 aliphatic rings. The van der Waals surface area contributed by atoms with Crippen LogP contribution in [0.15, 0.2) is 0 Å². The molecule has 0 rings (SSSR count). The van der Waals surface area contributed by atoms with Gasteiger partial charge in [0.05, 0.1) is 0 Å². The lowest BCUT2D eigenvalue weighted by Gasteiger charge is -1.95. The standard InChI is InChI=1S/C6H15PS2.H3N/c1-2-3-4-5-6-7(8)9;/h7H,2-6H2,1H3,(H,8,9);1H3. The topological polar surface area (TPSA) is 35.0 Å². The zero-order valence-corrected chi connectivity index (χ0v) is 9.31. The van der Waals surface area contributed by atoms with E-state index in [-0.39, 0.29) is 6.15 Å². The first kappa shape index (κ1) is 13.5. The Morgan fingerprint density at radius 3 is 2.30 bits per heavy atom. The fourth-order valence-electron chi connectivity index (χ4n) is 0.703. The van der Waals surface area contributed by atoms with Gasteiger partial charge in [-0.05, 0) is 18.5 Å². The first-order chi connectivity index (χ1) is 4.27. The van der Waals surface area contributed by atoms with Gasteiger partial charge in [-0.3, -0.25) is 0 Å². The molecule has 64 valence electrons. The van der Waals surface area contributed by atoms with Crippen LogP contribution in [0.3, 0.4) is 0 Å². The van der Waals surface area contributed by atoms with Gasteiger partial charge in [-0.25, -0.2) is 0 Å². The lowest BCUT2D eigenvalue weighted by Crippen LogP contribution is -1.76. The predicted octanol–water partition coefficient (Wildman–Crippen LogP) is 3.25. The van der Waals surface area contributed by atoms with Crippen LogP contribution in [0.2, 0.25) is 0 Å². The van der Waals surface area contributed by atoms with E-state index in [1.54, 1.807) is 0 Å². The summed E-state index contributed by atoms with van der Waals surface area (Å²) >= 11 is 9.21. The van der Waals surface area contributed by atoms with Gasteiger partial charge in [0.2, 0.25) is 0 Å². The number of unbranched alkanes of at least 4 members (excludes halogenated alkanes) is 3. The van der Waals surface area contributed by atoms with Crippen molar-refractivity contribution in [2.75, 3.05) is 6.16 Å². The van der Waals surface area contributed by atoms with E-state index in [2.05, 4.69) is 19.2 Å². The first-order valence-corrected chi connectivity index (χ1v) is 7.62. The highest BCUT2D eigenvalue weighted by Gasteiger charge is 1.87.